The van der Waals surface area contributed by atoms with Gasteiger partial charge in [0.25, 0.3) is 0 Å². The van der Waals surface area contributed by atoms with Crippen LogP contribution in [0, 0.1) is 0 Å². The van der Waals surface area contributed by atoms with Gasteiger partial charge in [0.15, 0.2) is 0 Å². The van der Waals surface area contributed by atoms with Crippen LogP contribution in [0.2, 0.25) is 0 Å². The number of nitrogens with zero attached hydrogens (tertiary/aromatic N) is 2. The van der Waals surface area contributed by atoms with E-state index in [9.17, 15) is 0 Å². The van der Waals surface area contributed by atoms with Crippen molar-refractivity contribution in [2.75, 3.05) is 6.67 Å². The van der Waals surface area contributed by atoms with E-state index in [1.165, 1.54) is 16.3 Å². The predicted molar refractivity (Wildman–Crippen MR) is 168 cm³/mol. The fraction of sp³-hybridized carbons (Fsp3) is 0.0270. The second kappa shape index (κ2) is 11.7. The molecule has 0 bridgehead atoms. The van der Waals surface area contributed by atoms with Gasteiger partial charge in [0, 0.05) is 23.5 Å². The monoisotopic (exact) mass is 515 g/mol. The van der Waals surface area contributed by atoms with Gasteiger partial charge in [0.05, 0.1) is 12.4 Å². The Morgan fingerprint density at radius 3 is 2.12 bits per heavy atom. The predicted octanol–water partition coefficient (Wildman–Crippen LogP) is 8.41. The van der Waals surface area contributed by atoms with Crippen LogP contribution in [0.15, 0.2) is 157 Å². The van der Waals surface area contributed by atoms with Gasteiger partial charge in [0.2, 0.25) is 0 Å². The lowest BCUT2D eigenvalue weighted by atomic mass is 9.92. The van der Waals surface area contributed by atoms with Gasteiger partial charge in [-0.1, -0.05) is 115 Å². The van der Waals surface area contributed by atoms with E-state index in [4.69, 9.17) is 10.7 Å². The molecule has 40 heavy (non-hydrogen) atoms. The minimum absolute atomic E-state index is 0.197. The van der Waals surface area contributed by atoms with Gasteiger partial charge in [-0.15, -0.1) is 0 Å². The Balaban J connectivity index is 1.48. The molecular formula is C37H29N3. The molecule has 3 heteroatoms. The molecule has 0 aliphatic rings. The molecule has 0 saturated heterocycles. The van der Waals surface area contributed by atoms with Gasteiger partial charge in [-0.25, -0.2) is 0 Å². The van der Waals surface area contributed by atoms with Crippen molar-refractivity contribution in [3.8, 4) is 22.3 Å². The van der Waals surface area contributed by atoms with Gasteiger partial charge in [-0.2, -0.15) is 0 Å². The van der Waals surface area contributed by atoms with E-state index < -0.39 is 0 Å². The lowest BCUT2D eigenvalue weighted by molar-refractivity contribution is 1.07. The van der Waals surface area contributed by atoms with Crippen molar-refractivity contribution in [3.63, 3.8) is 0 Å². The number of rotatable bonds is 7. The van der Waals surface area contributed by atoms with E-state index in [1.54, 1.807) is 6.20 Å². The van der Waals surface area contributed by atoms with Gasteiger partial charge in [0.1, 0.15) is 0 Å². The summed E-state index contributed by atoms with van der Waals surface area (Å²) in [5, 5.41) is 2.45. The van der Waals surface area contributed by atoms with Gasteiger partial charge in [-0.05, 0) is 68.4 Å². The molecule has 1 heterocycles. The molecule has 0 radical (unpaired) electrons. The summed E-state index contributed by atoms with van der Waals surface area (Å²) in [6, 6.07) is 46.5. The molecule has 0 unspecified atom stereocenters. The summed E-state index contributed by atoms with van der Waals surface area (Å²) in [6.07, 6.45) is 5.85. The summed E-state index contributed by atoms with van der Waals surface area (Å²) < 4.78 is 0. The lowest BCUT2D eigenvalue weighted by Gasteiger charge is -2.13. The fourth-order valence-electron chi connectivity index (χ4n) is 5.13. The Hall–Kier alpha value is -5.12. The Kier molecular flexibility index (Phi) is 7.38. The molecule has 6 aromatic rings. The highest BCUT2D eigenvalue weighted by Crippen LogP contribution is 2.31. The first-order valence-corrected chi connectivity index (χ1v) is 13.4. The number of aromatic nitrogens is 1. The molecule has 0 atom stereocenters. The second-order valence-electron chi connectivity index (χ2n) is 9.58. The van der Waals surface area contributed by atoms with E-state index >= 15 is 0 Å². The molecule has 192 valence electrons. The average molecular weight is 516 g/mol. The minimum Gasteiger partial charge on any atom is -0.312 e. The van der Waals surface area contributed by atoms with Crippen LogP contribution in [0.3, 0.4) is 0 Å². The van der Waals surface area contributed by atoms with Crippen LogP contribution < -0.4 is 5.73 Å². The van der Waals surface area contributed by atoms with Crippen molar-refractivity contribution in [3.05, 3.63) is 169 Å². The Morgan fingerprint density at radius 1 is 0.625 bits per heavy atom. The molecule has 6 rings (SSSR count). The Morgan fingerprint density at radius 2 is 1.30 bits per heavy atom. The van der Waals surface area contributed by atoms with E-state index in [2.05, 4.69) is 132 Å². The first-order valence-electron chi connectivity index (χ1n) is 13.4. The first-order chi connectivity index (χ1) is 19.8. The number of hydrogen-bond acceptors (Lipinski definition) is 3. The van der Waals surface area contributed by atoms with Crippen LogP contribution in [0.5, 0.6) is 0 Å². The van der Waals surface area contributed by atoms with Gasteiger partial charge < -0.3 is 5.73 Å². The number of pyridine rings is 1. The summed E-state index contributed by atoms with van der Waals surface area (Å²) >= 11 is 0. The van der Waals surface area contributed by atoms with Crippen LogP contribution in [0.1, 0.15) is 16.7 Å². The van der Waals surface area contributed by atoms with Crippen molar-refractivity contribution in [1.29, 1.82) is 0 Å². The van der Waals surface area contributed by atoms with Gasteiger partial charge >= 0.3 is 0 Å². The molecular weight excluding hydrogens is 486 g/mol. The van der Waals surface area contributed by atoms with Crippen molar-refractivity contribution in [2.24, 2.45) is 10.7 Å². The average Bonchev–Trinajstić information content (AvgIpc) is 3.04. The van der Waals surface area contributed by atoms with E-state index in [-0.39, 0.29) is 6.67 Å². The molecule has 0 aliphatic carbocycles. The summed E-state index contributed by atoms with van der Waals surface area (Å²) in [6.45, 7) is 0.197. The smallest absolute Gasteiger partial charge is 0.0866 e. The minimum atomic E-state index is 0.197. The summed E-state index contributed by atoms with van der Waals surface area (Å²) in [5.41, 5.74) is 15.7. The van der Waals surface area contributed by atoms with Crippen molar-refractivity contribution >= 4 is 22.1 Å². The SMILES string of the molecule is NCN=C(/C=C(\c1ccccc1)c1cccc(-c2cccnc2)c1)c1cccc(-c2cccc3ccccc23)c1. The molecule has 0 spiro atoms. The molecule has 2 N–H and O–H groups in total. The molecule has 3 nitrogen and oxygen atoms in total. The van der Waals surface area contributed by atoms with Crippen LogP contribution in [-0.2, 0) is 0 Å². The van der Waals surface area contributed by atoms with Crippen LogP contribution in [0.25, 0.3) is 38.6 Å². The maximum atomic E-state index is 6.02. The van der Waals surface area contributed by atoms with E-state index in [1.807, 2.05) is 18.3 Å². The third kappa shape index (κ3) is 5.37. The maximum absolute atomic E-state index is 6.02. The number of fused-ring (bicyclic) bond motifs is 1. The zero-order chi connectivity index (χ0) is 27.1. The van der Waals surface area contributed by atoms with Crippen molar-refractivity contribution in [1.82, 2.24) is 4.98 Å². The van der Waals surface area contributed by atoms with Crippen molar-refractivity contribution < 1.29 is 0 Å². The summed E-state index contributed by atoms with van der Waals surface area (Å²) in [7, 11) is 0. The first kappa shape index (κ1) is 25.2. The molecule has 0 amide bonds. The third-order valence-corrected chi connectivity index (χ3v) is 7.05. The molecule has 1 aromatic heterocycles. The lowest BCUT2D eigenvalue weighted by Crippen LogP contribution is -2.05. The maximum Gasteiger partial charge on any atom is 0.0866 e. The normalized spacial score (nSPS) is 12.0. The number of aliphatic imine (C=N–C) groups is 1. The molecule has 5 aromatic carbocycles. The quantitative estimate of drug-likeness (QED) is 0.217. The zero-order valence-electron chi connectivity index (χ0n) is 22.1. The molecule has 0 saturated carbocycles. The van der Waals surface area contributed by atoms with Crippen LogP contribution >= 0.6 is 0 Å². The fourth-order valence-corrected chi connectivity index (χ4v) is 5.13. The summed E-state index contributed by atoms with van der Waals surface area (Å²) in [5.74, 6) is 0. The van der Waals surface area contributed by atoms with Crippen LogP contribution in [-0.4, -0.2) is 17.4 Å². The van der Waals surface area contributed by atoms with Crippen LogP contribution in [0.4, 0.5) is 0 Å². The Labute approximate surface area is 235 Å². The van der Waals surface area contributed by atoms with Crippen molar-refractivity contribution in [2.45, 2.75) is 0 Å². The topological polar surface area (TPSA) is 51.3 Å². The van der Waals surface area contributed by atoms with E-state index in [0.717, 1.165) is 44.7 Å². The zero-order valence-corrected chi connectivity index (χ0v) is 22.1. The third-order valence-electron chi connectivity index (χ3n) is 7.05. The van der Waals surface area contributed by atoms with E-state index in [0.29, 0.717) is 0 Å². The Bertz CT molecular complexity index is 1810. The molecule has 0 fully saturated rings. The number of hydrogen-bond donors (Lipinski definition) is 1. The van der Waals surface area contributed by atoms with Gasteiger partial charge in [-0.3, -0.25) is 9.98 Å². The standard InChI is InChI=1S/C37H29N3/c38-26-40-37(32-17-7-15-30(23-32)35-20-8-13-27-12-4-5-19-34(27)35)24-36(28-10-2-1-3-11-28)31-16-6-14-29(22-31)33-18-9-21-39-25-33/h1-25H,26,38H2/b36-24+,40-37?. The number of nitrogens with two attached hydrogens (primary N) is 1. The second-order valence-corrected chi connectivity index (χ2v) is 9.58. The highest BCUT2D eigenvalue weighted by molar-refractivity contribution is 6.14. The highest BCUT2D eigenvalue weighted by atomic mass is 14.9. The number of benzene rings is 5. The molecule has 0 aliphatic heterocycles. The summed E-state index contributed by atoms with van der Waals surface area (Å²) in [4.78, 5) is 9.08. The largest absolute Gasteiger partial charge is 0.312 e. The number of allylic oxidation sites excluding steroid dienone is 1. The highest BCUT2D eigenvalue weighted by Gasteiger charge is 2.12.